The molecule has 0 fully saturated rings. The van der Waals surface area contributed by atoms with Gasteiger partial charge in [0, 0.05) is 11.1 Å². The molecule has 0 saturated heterocycles. The number of hydrogen-bond donors (Lipinski definition) is 1. The first-order chi connectivity index (χ1) is 7.66. The Labute approximate surface area is 98.2 Å². The number of aryl methyl sites for hydroxylation is 2. The first kappa shape index (κ1) is 11.1. The summed E-state index contributed by atoms with van der Waals surface area (Å²) < 4.78 is 13.6. The van der Waals surface area contributed by atoms with E-state index in [1.54, 1.807) is 30.4 Å². The Bertz CT molecular complexity index is 494. The van der Waals surface area contributed by atoms with Crippen molar-refractivity contribution in [3.63, 3.8) is 0 Å². The first-order valence-corrected chi connectivity index (χ1v) is 5.95. The lowest BCUT2D eigenvalue weighted by molar-refractivity contribution is 0.621. The quantitative estimate of drug-likeness (QED) is 0.882. The normalized spacial score (nSPS) is 10.4. The van der Waals surface area contributed by atoms with Crippen LogP contribution in [0.1, 0.15) is 16.3 Å². The van der Waals surface area contributed by atoms with Crippen molar-refractivity contribution < 1.29 is 4.39 Å². The Morgan fingerprint density at radius 3 is 2.88 bits per heavy atom. The van der Waals surface area contributed by atoms with E-state index in [0.29, 0.717) is 17.8 Å². The molecule has 0 saturated carbocycles. The Morgan fingerprint density at radius 2 is 2.19 bits per heavy atom. The van der Waals surface area contributed by atoms with Crippen molar-refractivity contribution in [2.75, 3.05) is 5.32 Å². The van der Waals surface area contributed by atoms with Gasteiger partial charge in [0.2, 0.25) is 0 Å². The molecule has 1 N–H and O–H groups in total. The highest BCUT2D eigenvalue weighted by molar-refractivity contribution is 7.09. The molecular formula is C12H13FN2S. The molecule has 0 bridgehead atoms. The molecule has 1 heterocycles. The molecule has 0 aliphatic rings. The van der Waals surface area contributed by atoms with E-state index in [9.17, 15) is 4.39 Å². The highest BCUT2D eigenvalue weighted by atomic mass is 32.1. The number of nitrogens with zero attached hydrogens (tertiary/aromatic N) is 1. The summed E-state index contributed by atoms with van der Waals surface area (Å²) in [5, 5.41) is 6.02. The van der Waals surface area contributed by atoms with Crippen LogP contribution in [0.4, 0.5) is 10.1 Å². The van der Waals surface area contributed by atoms with Crippen LogP contribution in [0.2, 0.25) is 0 Å². The Hall–Kier alpha value is -1.42. The predicted molar refractivity (Wildman–Crippen MR) is 65.3 cm³/mol. The van der Waals surface area contributed by atoms with E-state index in [4.69, 9.17) is 0 Å². The molecular weight excluding hydrogens is 223 g/mol. The molecule has 2 aromatic rings. The van der Waals surface area contributed by atoms with Gasteiger partial charge in [-0.1, -0.05) is 12.1 Å². The topological polar surface area (TPSA) is 24.9 Å². The van der Waals surface area contributed by atoms with Crippen LogP contribution in [-0.4, -0.2) is 4.98 Å². The van der Waals surface area contributed by atoms with E-state index in [2.05, 4.69) is 10.3 Å². The van der Waals surface area contributed by atoms with E-state index in [1.807, 2.05) is 18.4 Å². The monoisotopic (exact) mass is 236 g/mol. The molecule has 84 valence electrons. The zero-order chi connectivity index (χ0) is 11.5. The lowest BCUT2D eigenvalue weighted by Crippen LogP contribution is -2.02. The Kier molecular flexibility index (Phi) is 3.19. The molecule has 0 atom stereocenters. The summed E-state index contributed by atoms with van der Waals surface area (Å²) >= 11 is 1.58. The summed E-state index contributed by atoms with van der Waals surface area (Å²) in [5.41, 5.74) is 2.19. The van der Waals surface area contributed by atoms with Crippen molar-refractivity contribution in [1.82, 2.24) is 4.98 Å². The van der Waals surface area contributed by atoms with Crippen molar-refractivity contribution in [1.29, 1.82) is 0 Å². The van der Waals surface area contributed by atoms with Crippen LogP contribution in [0.5, 0.6) is 0 Å². The number of benzene rings is 1. The summed E-state index contributed by atoms with van der Waals surface area (Å²) in [7, 11) is 0. The summed E-state index contributed by atoms with van der Waals surface area (Å²) in [6.07, 6.45) is 0. The van der Waals surface area contributed by atoms with Gasteiger partial charge in [-0.05, 0) is 25.5 Å². The summed E-state index contributed by atoms with van der Waals surface area (Å²) in [6.45, 7) is 4.28. The number of rotatable bonds is 3. The molecule has 0 aliphatic carbocycles. The first-order valence-electron chi connectivity index (χ1n) is 5.07. The highest BCUT2D eigenvalue weighted by Gasteiger charge is 2.05. The van der Waals surface area contributed by atoms with Gasteiger partial charge in [0.1, 0.15) is 10.8 Å². The second kappa shape index (κ2) is 4.61. The van der Waals surface area contributed by atoms with Crippen LogP contribution in [0.15, 0.2) is 23.6 Å². The summed E-state index contributed by atoms with van der Waals surface area (Å²) in [6, 6.07) is 5.34. The summed E-state index contributed by atoms with van der Waals surface area (Å²) in [5.74, 6) is -0.184. The van der Waals surface area contributed by atoms with Gasteiger partial charge in [-0.25, -0.2) is 9.37 Å². The second-order valence-corrected chi connectivity index (χ2v) is 4.62. The Balaban J connectivity index is 2.07. The van der Waals surface area contributed by atoms with Gasteiger partial charge in [0.05, 0.1) is 12.2 Å². The van der Waals surface area contributed by atoms with Gasteiger partial charge in [-0.2, -0.15) is 0 Å². The maximum atomic E-state index is 13.6. The maximum Gasteiger partial charge on any atom is 0.149 e. The molecule has 0 radical (unpaired) electrons. The van der Waals surface area contributed by atoms with E-state index < -0.39 is 0 Å². The maximum absolute atomic E-state index is 13.6. The zero-order valence-corrected chi connectivity index (χ0v) is 10.1. The number of thiazole rings is 1. The molecule has 0 unspecified atom stereocenters. The van der Waals surface area contributed by atoms with E-state index >= 15 is 0 Å². The van der Waals surface area contributed by atoms with Gasteiger partial charge in [0.15, 0.2) is 0 Å². The number of anilines is 1. The van der Waals surface area contributed by atoms with Gasteiger partial charge < -0.3 is 5.32 Å². The van der Waals surface area contributed by atoms with Crippen LogP contribution in [-0.2, 0) is 6.54 Å². The van der Waals surface area contributed by atoms with Gasteiger partial charge >= 0.3 is 0 Å². The average Bonchev–Trinajstić information content (AvgIpc) is 2.67. The molecule has 2 nitrogen and oxygen atoms in total. The van der Waals surface area contributed by atoms with Crippen LogP contribution in [0, 0.1) is 19.7 Å². The standard InChI is InChI=1S/C12H13FN2S/c1-8-4-3-5-10(12(8)13)14-6-11-15-9(2)7-16-11/h3-5,7,14H,6H2,1-2H3. The number of aromatic nitrogens is 1. The number of hydrogen-bond acceptors (Lipinski definition) is 3. The lowest BCUT2D eigenvalue weighted by atomic mass is 10.2. The molecule has 16 heavy (non-hydrogen) atoms. The van der Waals surface area contributed by atoms with Crippen molar-refractivity contribution in [2.45, 2.75) is 20.4 Å². The summed E-state index contributed by atoms with van der Waals surface area (Å²) in [4.78, 5) is 4.31. The number of nitrogens with one attached hydrogen (secondary N) is 1. The largest absolute Gasteiger partial charge is 0.376 e. The minimum absolute atomic E-state index is 0.184. The van der Waals surface area contributed by atoms with Gasteiger partial charge in [0.25, 0.3) is 0 Å². The minimum atomic E-state index is -0.184. The second-order valence-electron chi connectivity index (χ2n) is 3.67. The van der Waals surface area contributed by atoms with Crippen LogP contribution >= 0.6 is 11.3 Å². The number of halogens is 1. The molecule has 4 heteroatoms. The van der Waals surface area contributed by atoms with Crippen molar-refractivity contribution in [3.05, 3.63) is 45.7 Å². The van der Waals surface area contributed by atoms with Crippen molar-refractivity contribution in [3.8, 4) is 0 Å². The van der Waals surface area contributed by atoms with E-state index in [1.165, 1.54) is 0 Å². The Morgan fingerprint density at radius 1 is 1.38 bits per heavy atom. The highest BCUT2D eigenvalue weighted by Crippen LogP contribution is 2.18. The van der Waals surface area contributed by atoms with Crippen molar-refractivity contribution >= 4 is 17.0 Å². The third-order valence-electron chi connectivity index (χ3n) is 2.29. The van der Waals surface area contributed by atoms with E-state index in [0.717, 1.165) is 10.7 Å². The predicted octanol–water partition coefficient (Wildman–Crippen LogP) is 3.51. The SMILES string of the molecule is Cc1csc(CNc2cccc(C)c2F)n1. The van der Waals surface area contributed by atoms with Gasteiger partial charge in [-0.15, -0.1) is 11.3 Å². The molecule has 1 aromatic heterocycles. The molecule has 0 amide bonds. The fourth-order valence-electron chi connectivity index (χ4n) is 1.44. The fourth-order valence-corrected chi connectivity index (χ4v) is 2.15. The zero-order valence-electron chi connectivity index (χ0n) is 9.25. The third-order valence-corrected chi connectivity index (χ3v) is 3.26. The lowest BCUT2D eigenvalue weighted by Gasteiger charge is -2.07. The van der Waals surface area contributed by atoms with Crippen LogP contribution in [0.25, 0.3) is 0 Å². The van der Waals surface area contributed by atoms with Crippen molar-refractivity contribution in [2.24, 2.45) is 0 Å². The molecule has 0 spiro atoms. The minimum Gasteiger partial charge on any atom is -0.376 e. The van der Waals surface area contributed by atoms with Crippen LogP contribution in [0.3, 0.4) is 0 Å². The third kappa shape index (κ3) is 2.39. The smallest absolute Gasteiger partial charge is 0.149 e. The van der Waals surface area contributed by atoms with Crippen LogP contribution < -0.4 is 5.32 Å². The fraction of sp³-hybridized carbons (Fsp3) is 0.250. The van der Waals surface area contributed by atoms with Gasteiger partial charge in [-0.3, -0.25) is 0 Å². The molecule has 1 aromatic carbocycles. The molecule has 0 aliphatic heterocycles. The average molecular weight is 236 g/mol. The van der Waals surface area contributed by atoms with E-state index in [-0.39, 0.29) is 5.82 Å². The molecule has 2 rings (SSSR count).